The predicted octanol–water partition coefficient (Wildman–Crippen LogP) is 6.02. The van der Waals surface area contributed by atoms with Crippen LogP contribution in [-0.4, -0.2) is 67.1 Å². The van der Waals surface area contributed by atoms with Crippen molar-refractivity contribution in [1.82, 2.24) is 15.1 Å². The number of hydrogen-bond donors (Lipinski definition) is 1. The van der Waals surface area contributed by atoms with E-state index in [2.05, 4.69) is 90.3 Å². The monoisotopic (exact) mass is 542 g/mol. The Balaban J connectivity index is 1.49. The lowest BCUT2D eigenvalue weighted by molar-refractivity contribution is 0.0977. The minimum atomic E-state index is -0.184. The summed E-state index contributed by atoms with van der Waals surface area (Å²) in [5, 5.41) is 3.40. The van der Waals surface area contributed by atoms with Crippen LogP contribution in [0.4, 0.5) is 5.69 Å². The highest BCUT2D eigenvalue weighted by Gasteiger charge is 2.19. The summed E-state index contributed by atoms with van der Waals surface area (Å²) in [5.74, 6) is 0.332. The van der Waals surface area contributed by atoms with Crippen molar-refractivity contribution in [2.24, 2.45) is 5.92 Å². The van der Waals surface area contributed by atoms with Crippen molar-refractivity contribution >= 4 is 28.9 Å². The van der Waals surface area contributed by atoms with Gasteiger partial charge in [0, 0.05) is 50.5 Å². The lowest BCUT2D eigenvalue weighted by atomic mass is 10.00. The molecule has 3 aromatic rings. The predicted molar refractivity (Wildman–Crippen MR) is 168 cm³/mol. The number of nitrogens with one attached hydrogen (secondary N) is 1. The molecule has 0 aliphatic carbocycles. The topological polar surface area (TPSA) is 38.8 Å². The molecule has 1 heterocycles. The number of anilines is 1. The highest BCUT2D eigenvalue weighted by Crippen LogP contribution is 2.29. The molecule has 5 nitrogen and oxygen atoms in total. The van der Waals surface area contributed by atoms with Gasteiger partial charge in [0.2, 0.25) is 0 Å². The maximum Gasteiger partial charge on any atom is 0.257 e. The zero-order chi connectivity index (χ0) is 27.8. The summed E-state index contributed by atoms with van der Waals surface area (Å²) >= 11 is 5.80. The standard InChI is InChI=1S/C33H42N4OS/c1-25(2)16-19-37(33(39)34-32(38)29-8-6-5-7-9-29)31-24-30(13-10-26(31)3)28-14-11-27(12-15-28)17-18-36-22-20-35(4)21-23-36/h5-15,24-25H,16-23H2,1-4H3,(H,34,38,39). The summed E-state index contributed by atoms with van der Waals surface area (Å²) in [7, 11) is 2.20. The second-order valence-corrected chi connectivity index (χ2v) is 11.4. The molecule has 0 atom stereocenters. The van der Waals surface area contributed by atoms with Crippen molar-refractivity contribution in [1.29, 1.82) is 0 Å². The van der Waals surface area contributed by atoms with Crippen molar-refractivity contribution in [2.75, 3.05) is 51.2 Å². The Morgan fingerprint density at radius 1 is 0.949 bits per heavy atom. The third-order valence-electron chi connectivity index (χ3n) is 7.53. The van der Waals surface area contributed by atoms with Crippen molar-refractivity contribution in [3.8, 4) is 11.1 Å². The molecule has 0 radical (unpaired) electrons. The van der Waals surface area contributed by atoms with Gasteiger partial charge in [-0.3, -0.25) is 10.1 Å². The number of carbonyl (C=O) groups is 1. The van der Waals surface area contributed by atoms with Crippen LogP contribution >= 0.6 is 12.2 Å². The van der Waals surface area contributed by atoms with Gasteiger partial charge in [0.15, 0.2) is 5.11 Å². The Bertz CT molecular complexity index is 1230. The zero-order valence-corrected chi connectivity index (χ0v) is 24.6. The van der Waals surface area contributed by atoms with E-state index < -0.39 is 0 Å². The SMILES string of the molecule is Cc1ccc(-c2ccc(CCN3CCN(C)CC3)cc2)cc1N(CCC(C)C)C(=S)NC(=O)c1ccccc1. The molecule has 4 rings (SSSR count). The summed E-state index contributed by atoms with van der Waals surface area (Å²) in [5.41, 5.74) is 6.46. The molecule has 39 heavy (non-hydrogen) atoms. The lowest BCUT2D eigenvalue weighted by Gasteiger charge is -2.32. The normalized spacial score (nSPS) is 14.4. The molecule has 6 heteroatoms. The van der Waals surface area contributed by atoms with E-state index in [-0.39, 0.29) is 5.91 Å². The van der Waals surface area contributed by atoms with Crippen LogP contribution in [0.15, 0.2) is 72.8 Å². The Morgan fingerprint density at radius 3 is 2.28 bits per heavy atom. The van der Waals surface area contributed by atoms with Gasteiger partial charge < -0.3 is 14.7 Å². The van der Waals surface area contributed by atoms with Crippen molar-refractivity contribution in [2.45, 2.75) is 33.6 Å². The molecule has 1 saturated heterocycles. The van der Waals surface area contributed by atoms with Crippen LogP contribution in [0.1, 0.15) is 41.8 Å². The molecular weight excluding hydrogens is 500 g/mol. The average Bonchev–Trinajstić information content (AvgIpc) is 2.94. The van der Waals surface area contributed by atoms with Crippen LogP contribution in [0.5, 0.6) is 0 Å². The van der Waals surface area contributed by atoms with Gasteiger partial charge in [-0.25, -0.2) is 0 Å². The number of carbonyl (C=O) groups excluding carboxylic acids is 1. The maximum atomic E-state index is 12.9. The second kappa shape index (κ2) is 13.8. The van der Waals surface area contributed by atoms with E-state index in [0.29, 0.717) is 16.6 Å². The molecule has 3 aromatic carbocycles. The van der Waals surface area contributed by atoms with E-state index >= 15 is 0 Å². The molecule has 0 aromatic heterocycles. The third-order valence-corrected chi connectivity index (χ3v) is 7.85. The Labute approximate surface area is 239 Å². The largest absolute Gasteiger partial charge is 0.318 e. The van der Waals surface area contributed by atoms with Crippen LogP contribution in [0.25, 0.3) is 11.1 Å². The molecule has 0 saturated carbocycles. The average molecular weight is 543 g/mol. The van der Waals surface area contributed by atoms with E-state index in [1.165, 1.54) is 11.1 Å². The fraction of sp³-hybridized carbons (Fsp3) is 0.394. The molecular formula is C33H42N4OS. The highest BCUT2D eigenvalue weighted by molar-refractivity contribution is 7.80. The summed E-state index contributed by atoms with van der Waals surface area (Å²) < 4.78 is 0. The Hall–Kier alpha value is -3.06. The summed E-state index contributed by atoms with van der Waals surface area (Å²) in [6.45, 7) is 13.0. The minimum Gasteiger partial charge on any atom is -0.318 e. The van der Waals surface area contributed by atoms with Gasteiger partial charge in [-0.15, -0.1) is 0 Å². The van der Waals surface area contributed by atoms with Crippen LogP contribution in [0.2, 0.25) is 0 Å². The molecule has 206 valence electrons. The summed E-state index contributed by atoms with van der Waals surface area (Å²) in [4.78, 5) is 19.9. The number of nitrogens with zero attached hydrogens (tertiary/aromatic N) is 3. The molecule has 1 aliphatic heterocycles. The van der Waals surface area contributed by atoms with E-state index in [1.54, 1.807) is 12.1 Å². The minimum absolute atomic E-state index is 0.184. The van der Waals surface area contributed by atoms with Gasteiger partial charge in [-0.05, 0) is 85.4 Å². The van der Waals surface area contributed by atoms with Crippen LogP contribution in [-0.2, 0) is 6.42 Å². The molecule has 0 spiro atoms. The maximum absolute atomic E-state index is 12.9. The first-order chi connectivity index (χ1) is 18.8. The van der Waals surface area contributed by atoms with Crippen LogP contribution in [0.3, 0.4) is 0 Å². The van der Waals surface area contributed by atoms with Crippen molar-refractivity contribution < 1.29 is 4.79 Å². The number of aryl methyl sites for hydroxylation is 1. The van der Waals surface area contributed by atoms with Gasteiger partial charge in [0.1, 0.15) is 0 Å². The van der Waals surface area contributed by atoms with Crippen LogP contribution in [0, 0.1) is 12.8 Å². The smallest absolute Gasteiger partial charge is 0.257 e. The van der Waals surface area contributed by atoms with Crippen LogP contribution < -0.4 is 10.2 Å². The van der Waals surface area contributed by atoms with Gasteiger partial charge in [-0.1, -0.05) is 68.4 Å². The number of benzene rings is 3. The van der Waals surface area contributed by atoms with E-state index in [1.807, 2.05) is 18.2 Å². The summed E-state index contributed by atoms with van der Waals surface area (Å²) in [6.07, 6.45) is 2.04. The number of thiocarbonyl (C=S) groups is 1. The van der Waals surface area contributed by atoms with Crippen molar-refractivity contribution in [3.63, 3.8) is 0 Å². The first-order valence-electron chi connectivity index (χ1n) is 14.1. The first kappa shape index (κ1) is 28.9. The fourth-order valence-electron chi connectivity index (χ4n) is 4.85. The van der Waals surface area contributed by atoms with Gasteiger partial charge in [0.25, 0.3) is 5.91 Å². The molecule has 1 amide bonds. The van der Waals surface area contributed by atoms with Gasteiger partial charge >= 0.3 is 0 Å². The van der Waals surface area contributed by atoms with E-state index in [0.717, 1.165) is 68.9 Å². The Kier molecular flexibility index (Phi) is 10.3. The molecule has 1 aliphatic rings. The lowest BCUT2D eigenvalue weighted by Crippen LogP contribution is -2.45. The first-order valence-corrected chi connectivity index (χ1v) is 14.5. The molecule has 0 bridgehead atoms. The van der Waals surface area contributed by atoms with E-state index in [9.17, 15) is 4.79 Å². The Morgan fingerprint density at radius 2 is 1.62 bits per heavy atom. The third kappa shape index (κ3) is 8.21. The molecule has 0 unspecified atom stereocenters. The zero-order valence-electron chi connectivity index (χ0n) is 23.8. The van der Waals surface area contributed by atoms with Gasteiger partial charge in [0.05, 0.1) is 0 Å². The number of hydrogen-bond acceptors (Lipinski definition) is 4. The fourth-order valence-corrected chi connectivity index (χ4v) is 5.13. The number of likely N-dealkylation sites (N-methyl/N-ethyl adjacent to an activating group) is 1. The van der Waals surface area contributed by atoms with E-state index in [4.69, 9.17) is 12.2 Å². The number of piperazine rings is 1. The molecule has 1 N–H and O–H groups in total. The molecule has 1 fully saturated rings. The van der Waals surface area contributed by atoms with Crippen molar-refractivity contribution in [3.05, 3.63) is 89.5 Å². The highest BCUT2D eigenvalue weighted by atomic mass is 32.1. The van der Waals surface area contributed by atoms with Gasteiger partial charge in [-0.2, -0.15) is 0 Å². The number of amides is 1. The second-order valence-electron chi connectivity index (χ2n) is 11.1. The summed E-state index contributed by atoms with van der Waals surface area (Å²) in [6, 6.07) is 24.7. The quantitative estimate of drug-likeness (QED) is 0.335. The number of rotatable bonds is 9.